The lowest BCUT2D eigenvalue weighted by Crippen LogP contribution is -2.13. The molecule has 9 heavy (non-hydrogen) atoms. The fourth-order valence-corrected chi connectivity index (χ4v) is 2.95. The first kappa shape index (κ1) is 8.06. The molecular weight excluding hydrogens is 244 g/mol. The van der Waals surface area contributed by atoms with E-state index in [-0.39, 0.29) is 0 Å². The Morgan fingerprint density at radius 2 is 1.33 bits per heavy atom. The van der Waals surface area contributed by atoms with E-state index in [1.807, 2.05) is 0 Å². The zero-order valence-electron chi connectivity index (χ0n) is 5.77. The molecule has 4 unspecified atom stereocenters. The van der Waals surface area contributed by atoms with E-state index < -0.39 is 0 Å². The number of rotatable bonds is 0. The first-order valence-corrected chi connectivity index (χ1v) is 5.24. The van der Waals surface area contributed by atoms with Crippen molar-refractivity contribution in [1.82, 2.24) is 0 Å². The highest BCUT2D eigenvalue weighted by atomic mass is 79.9. The number of halogens is 2. The molecule has 1 aliphatic rings. The van der Waals surface area contributed by atoms with Crippen molar-refractivity contribution in [2.24, 2.45) is 11.8 Å². The van der Waals surface area contributed by atoms with E-state index in [0.29, 0.717) is 9.65 Å². The summed E-state index contributed by atoms with van der Waals surface area (Å²) < 4.78 is 0. The summed E-state index contributed by atoms with van der Waals surface area (Å²) in [5.74, 6) is 1.67. The molecule has 0 aromatic heterocycles. The molecule has 0 spiro atoms. The zero-order valence-corrected chi connectivity index (χ0v) is 8.94. The number of hydrogen-bond acceptors (Lipinski definition) is 0. The highest BCUT2D eigenvalue weighted by Crippen LogP contribution is 2.40. The SMILES string of the molecule is CC1CC(C)C(Br)C1Br. The molecule has 0 saturated heterocycles. The smallest absolute Gasteiger partial charge is 0.0299 e. The van der Waals surface area contributed by atoms with Crippen molar-refractivity contribution >= 4 is 31.9 Å². The summed E-state index contributed by atoms with van der Waals surface area (Å²) in [5, 5.41) is 0. The quantitative estimate of drug-likeness (QED) is 0.584. The van der Waals surface area contributed by atoms with Crippen molar-refractivity contribution in [3.05, 3.63) is 0 Å². The maximum absolute atomic E-state index is 3.66. The van der Waals surface area contributed by atoms with Crippen molar-refractivity contribution in [2.75, 3.05) is 0 Å². The van der Waals surface area contributed by atoms with Crippen LogP contribution in [0.1, 0.15) is 20.3 Å². The Morgan fingerprint density at radius 1 is 1.00 bits per heavy atom. The molecule has 0 aromatic rings. The first-order chi connectivity index (χ1) is 4.13. The largest absolute Gasteiger partial charge is 0.0876 e. The van der Waals surface area contributed by atoms with Crippen LogP contribution in [0.25, 0.3) is 0 Å². The second kappa shape index (κ2) is 2.91. The van der Waals surface area contributed by atoms with Gasteiger partial charge in [-0.05, 0) is 18.3 Å². The third-order valence-corrected chi connectivity index (χ3v) is 5.79. The molecule has 2 heteroatoms. The van der Waals surface area contributed by atoms with E-state index >= 15 is 0 Å². The number of alkyl halides is 2. The van der Waals surface area contributed by atoms with Gasteiger partial charge in [0, 0.05) is 9.65 Å². The second-order valence-electron chi connectivity index (χ2n) is 3.08. The van der Waals surface area contributed by atoms with Gasteiger partial charge in [0.15, 0.2) is 0 Å². The Bertz CT molecular complexity index is 91.1. The molecule has 4 atom stereocenters. The lowest BCUT2D eigenvalue weighted by atomic mass is 10.1. The standard InChI is InChI=1S/C7H12Br2/c1-4-3-5(2)7(9)6(4)8/h4-7H,3H2,1-2H3. The van der Waals surface area contributed by atoms with Crippen molar-refractivity contribution in [3.8, 4) is 0 Å². The second-order valence-corrected chi connectivity index (χ2v) is 5.19. The van der Waals surface area contributed by atoms with Gasteiger partial charge in [-0.15, -0.1) is 0 Å². The zero-order chi connectivity index (χ0) is 7.02. The predicted molar refractivity (Wildman–Crippen MR) is 48.4 cm³/mol. The lowest BCUT2D eigenvalue weighted by molar-refractivity contribution is 0.562. The van der Waals surface area contributed by atoms with Crippen LogP contribution in [-0.4, -0.2) is 9.65 Å². The molecule has 54 valence electrons. The molecule has 0 aromatic carbocycles. The molecule has 1 aliphatic carbocycles. The Balaban J connectivity index is 2.54. The molecule has 0 nitrogen and oxygen atoms in total. The Morgan fingerprint density at radius 3 is 1.44 bits per heavy atom. The Hall–Kier alpha value is 0.960. The number of hydrogen-bond donors (Lipinski definition) is 0. The predicted octanol–water partition coefficient (Wildman–Crippen LogP) is 3.19. The van der Waals surface area contributed by atoms with Gasteiger partial charge in [0.05, 0.1) is 0 Å². The first-order valence-electron chi connectivity index (χ1n) is 3.41. The van der Waals surface area contributed by atoms with Crippen LogP contribution < -0.4 is 0 Å². The van der Waals surface area contributed by atoms with E-state index in [2.05, 4.69) is 45.7 Å². The molecule has 0 N–H and O–H groups in total. The fraction of sp³-hybridized carbons (Fsp3) is 1.00. The Labute approximate surface area is 73.7 Å². The fourth-order valence-electron chi connectivity index (χ4n) is 1.47. The molecule has 1 saturated carbocycles. The summed E-state index contributed by atoms with van der Waals surface area (Å²) in [4.78, 5) is 1.37. The van der Waals surface area contributed by atoms with E-state index in [1.54, 1.807) is 0 Å². The van der Waals surface area contributed by atoms with Crippen molar-refractivity contribution < 1.29 is 0 Å². The molecule has 0 radical (unpaired) electrons. The monoisotopic (exact) mass is 254 g/mol. The minimum atomic E-state index is 0.687. The lowest BCUT2D eigenvalue weighted by Gasteiger charge is -2.10. The maximum Gasteiger partial charge on any atom is 0.0299 e. The highest BCUT2D eigenvalue weighted by Gasteiger charge is 2.34. The van der Waals surface area contributed by atoms with E-state index in [1.165, 1.54) is 6.42 Å². The Kier molecular flexibility index (Phi) is 2.61. The third-order valence-electron chi connectivity index (χ3n) is 2.13. The summed E-state index contributed by atoms with van der Waals surface area (Å²) in [6, 6.07) is 0. The van der Waals surface area contributed by atoms with Crippen molar-refractivity contribution in [1.29, 1.82) is 0 Å². The molecule has 1 rings (SSSR count). The van der Waals surface area contributed by atoms with Crippen molar-refractivity contribution in [2.45, 2.75) is 29.9 Å². The normalized spacial score (nSPS) is 52.0. The molecule has 0 bridgehead atoms. The van der Waals surface area contributed by atoms with Crippen LogP contribution >= 0.6 is 31.9 Å². The average molecular weight is 256 g/mol. The highest BCUT2D eigenvalue weighted by molar-refractivity contribution is 9.12. The van der Waals surface area contributed by atoms with Crippen LogP contribution in [0.5, 0.6) is 0 Å². The van der Waals surface area contributed by atoms with Crippen LogP contribution in [0.3, 0.4) is 0 Å². The average Bonchev–Trinajstić information content (AvgIpc) is 1.98. The van der Waals surface area contributed by atoms with Crippen LogP contribution in [0.2, 0.25) is 0 Å². The van der Waals surface area contributed by atoms with Crippen LogP contribution in [0, 0.1) is 11.8 Å². The van der Waals surface area contributed by atoms with Gasteiger partial charge < -0.3 is 0 Å². The summed E-state index contributed by atoms with van der Waals surface area (Å²) in [7, 11) is 0. The van der Waals surface area contributed by atoms with Gasteiger partial charge in [-0.2, -0.15) is 0 Å². The maximum atomic E-state index is 3.66. The van der Waals surface area contributed by atoms with Crippen LogP contribution in [0.15, 0.2) is 0 Å². The molecule has 0 amide bonds. The molecule has 0 aliphatic heterocycles. The van der Waals surface area contributed by atoms with Gasteiger partial charge in [0.1, 0.15) is 0 Å². The summed E-state index contributed by atoms with van der Waals surface area (Å²) in [5.41, 5.74) is 0. The van der Waals surface area contributed by atoms with Crippen molar-refractivity contribution in [3.63, 3.8) is 0 Å². The minimum Gasteiger partial charge on any atom is -0.0876 e. The minimum absolute atomic E-state index is 0.687. The van der Waals surface area contributed by atoms with Gasteiger partial charge in [-0.3, -0.25) is 0 Å². The van der Waals surface area contributed by atoms with E-state index in [0.717, 1.165) is 11.8 Å². The summed E-state index contributed by atoms with van der Waals surface area (Å²) in [6.45, 7) is 4.61. The van der Waals surface area contributed by atoms with Gasteiger partial charge in [-0.25, -0.2) is 0 Å². The van der Waals surface area contributed by atoms with E-state index in [9.17, 15) is 0 Å². The third kappa shape index (κ3) is 1.51. The topological polar surface area (TPSA) is 0 Å². The molecule has 0 heterocycles. The van der Waals surface area contributed by atoms with Gasteiger partial charge >= 0.3 is 0 Å². The van der Waals surface area contributed by atoms with Gasteiger partial charge in [-0.1, -0.05) is 45.7 Å². The van der Waals surface area contributed by atoms with Gasteiger partial charge in [0.2, 0.25) is 0 Å². The van der Waals surface area contributed by atoms with E-state index in [4.69, 9.17) is 0 Å². The molecular formula is C7H12Br2. The summed E-state index contributed by atoms with van der Waals surface area (Å²) >= 11 is 7.33. The van der Waals surface area contributed by atoms with Crippen LogP contribution in [0.4, 0.5) is 0 Å². The molecule has 1 fully saturated rings. The van der Waals surface area contributed by atoms with Crippen LogP contribution in [-0.2, 0) is 0 Å². The summed E-state index contributed by atoms with van der Waals surface area (Å²) in [6.07, 6.45) is 1.35. The van der Waals surface area contributed by atoms with Gasteiger partial charge in [0.25, 0.3) is 0 Å².